The van der Waals surface area contributed by atoms with Gasteiger partial charge in [0.15, 0.2) is 0 Å². The Hall–Kier alpha value is -3.04. The number of benzene rings is 2. The fraction of sp³-hybridized carbons (Fsp3) is 0.304. The van der Waals surface area contributed by atoms with Crippen molar-refractivity contribution >= 4 is 60.9 Å². The number of hydrogen-bond acceptors (Lipinski definition) is 9. The molecule has 0 aliphatic rings. The van der Waals surface area contributed by atoms with Gasteiger partial charge in [-0.1, -0.05) is 11.6 Å². The van der Waals surface area contributed by atoms with Crippen molar-refractivity contribution in [2.24, 2.45) is 0 Å². The zero-order valence-corrected chi connectivity index (χ0v) is 19.8. The average molecular weight is 472 g/mol. The molecule has 0 radical (unpaired) electrons. The van der Waals surface area contributed by atoms with E-state index >= 15 is 0 Å². The number of hydrogen-bond donors (Lipinski definition) is 1. The Labute approximate surface area is 194 Å². The summed E-state index contributed by atoms with van der Waals surface area (Å²) in [5, 5.41) is 2.01. The molecule has 9 heteroatoms. The molecule has 4 rings (SSSR count). The summed E-state index contributed by atoms with van der Waals surface area (Å²) in [6, 6.07) is 11.7. The van der Waals surface area contributed by atoms with Crippen LogP contribution in [0.15, 0.2) is 36.4 Å². The molecule has 2 aromatic heterocycles. The summed E-state index contributed by atoms with van der Waals surface area (Å²) in [7, 11) is 0. The van der Waals surface area contributed by atoms with E-state index in [1.54, 1.807) is 13.8 Å². The van der Waals surface area contributed by atoms with Gasteiger partial charge in [0.1, 0.15) is 0 Å². The predicted molar refractivity (Wildman–Crippen MR) is 129 cm³/mol. The molecule has 2 heterocycles. The lowest BCUT2D eigenvalue weighted by atomic mass is 10.1. The van der Waals surface area contributed by atoms with Gasteiger partial charge in [-0.3, -0.25) is 9.59 Å². The van der Waals surface area contributed by atoms with Crippen LogP contribution in [0.25, 0.3) is 20.2 Å². The minimum Gasteiger partial charge on any atom is -0.466 e. The summed E-state index contributed by atoms with van der Waals surface area (Å²) < 4.78 is 20.5. The molecule has 2 aromatic carbocycles. The Morgan fingerprint density at radius 1 is 0.844 bits per heavy atom. The third-order valence-electron chi connectivity index (χ3n) is 4.50. The summed E-state index contributed by atoms with van der Waals surface area (Å²) in [6.07, 6.45) is 0.467. The Bertz CT molecular complexity index is 1140. The minimum absolute atomic E-state index is 0.206. The van der Waals surface area contributed by atoms with Gasteiger partial charge in [-0.25, -0.2) is 0 Å². The van der Waals surface area contributed by atoms with Crippen LogP contribution in [-0.2, 0) is 31.9 Å². The van der Waals surface area contributed by atoms with Crippen molar-refractivity contribution in [3.05, 3.63) is 53.3 Å². The summed E-state index contributed by atoms with van der Waals surface area (Å²) in [5.74, 6) is -0.465. The molecule has 0 unspecified atom stereocenters. The Balaban J connectivity index is 0.000000181. The number of carbonyl (C=O) groups excluding carboxylic acids is 2. The van der Waals surface area contributed by atoms with E-state index in [1.165, 1.54) is 28.6 Å². The molecule has 0 saturated carbocycles. The molecule has 168 valence electrons. The molecule has 2 N–H and O–H groups in total. The van der Waals surface area contributed by atoms with E-state index in [0.29, 0.717) is 18.9 Å². The van der Waals surface area contributed by atoms with Crippen LogP contribution < -0.4 is 5.73 Å². The topological polar surface area (TPSA) is 104 Å². The summed E-state index contributed by atoms with van der Waals surface area (Å²) in [6.45, 7) is 6.43. The average Bonchev–Trinajstić information content (AvgIpc) is 3.33. The number of carbonyl (C=O) groups is 2. The maximum atomic E-state index is 11.4. The molecule has 0 fully saturated rings. The number of nitrogens with two attached hydrogens (primary N) is 1. The molecule has 0 aliphatic carbocycles. The van der Waals surface area contributed by atoms with Crippen LogP contribution >= 0.6 is 23.1 Å². The van der Waals surface area contributed by atoms with Crippen molar-refractivity contribution in [2.45, 2.75) is 33.6 Å². The Morgan fingerprint density at radius 2 is 1.34 bits per heavy atom. The van der Waals surface area contributed by atoms with Gasteiger partial charge in [0.05, 0.1) is 46.8 Å². The van der Waals surface area contributed by atoms with Gasteiger partial charge >= 0.3 is 11.9 Å². The number of nitrogen functional groups attached to an aromatic ring is 1. The highest BCUT2D eigenvalue weighted by molar-refractivity contribution is 7.13. The van der Waals surface area contributed by atoms with Crippen LogP contribution in [0.5, 0.6) is 0 Å². The summed E-state index contributed by atoms with van der Waals surface area (Å²) in [5.41, 5.74) is 9.12. The Kier molecular flexibility index (Phi) is 8.13. The van der Waals surface area contributed by atoms with Crippen LogP contribution in [-0.4, -0.2) is 33.9 Å². The van der Waals surface area contributed by atoms with Crippen molar-refractivity contribution in [1.29, 1.82) is 0 Å². The lowest BCUT2D eigenvalue weighted by Crippen LogP contribution is -2.07. The molecule has 0 saturated heterocycles. The number of nitrogens with zero attached hydrogens (tertiary/aromatic N) is 2. The highest BCUT2D eigenvalue weighted by atomic mass is 32.1. The van der Waals surface area contributed by atoms with E-state index in [0.717, 1.165) is 31.6 Å². The number of aryl methyl sites for hydroxylation is 1. The zero-order valence-electron chi connectivity index (χ0n) is 18.2. The molecule has 4 aromatic rings. The molecule has 32 heavy (non-hydrogen) atoms. The SMILES string of the molecule is CCOC(=O)Cc1nsc2ccc(C)cc12.CCOC(=O)Cc1nsc2ccc(N)cc12. The van der Waals surface area contributed by atoms with Gasteiger partial charge in [-0.05, 0) is 74.2 Å². The molecule has 0 amide bonds. The summed E-state index contributed by atoms with van der Waals surface area (Å²) in [4.78, 5) is 22.7. The third kappa shape index (κ3) is 6.02. The first-order valence-corrected chi connectivity index (χ1v) is 11.8. The van der Waals surface area contributed by atoms with E-state index in [2.05, 4.69) is 20.9 Å². The lowest BCUT2D eigenvalue weighted by Gasteiger charge is -1.99. The van der Waals surface area contributed by atoms with E-state index < -0.39 is 0 Å². The number of rotatable bonds is 6. The first-order chi connectivity index (χ1) is 15.4. The smallest absolute Gasteiger partial charge is 0.311 e. The second-order valence-corrected chi connectivity index (χ2v) is 8.59. The zero-order chi connectivity index (χ0) is 23.1. The fourth-order valence-electron chi connectivity index (χ4n) is 3.06. The molecule has 0 aliphatic heterocycles. The fourth-order valence-corrected chi connectivity index (χ4v) is 4.61. The normalized spacial score (nSPS) is 10.6. The van der Waals surface area contributed by atoms with Crippen LogP contribution in [0.2, 0.25) is 0 Å². The molecule has 7 nitrogen and oxygen atoms in total. The van der Waals surface area contributed by atoms with Gasteiger partial charge in [0.2, 0.25) is 0 Å². The van der Waals surface area contributed by atoms with E-state index in [9.17, 15) is 9.59 Å². The predicted octanol–water partition coefficient (Wildman–Crippen LogP) is 4.69. The molecular weight excluding hydrogens is 446 g/mol. The van der Waals surface area contributed by atoms with Crippen LogP contribution in [0.1, 0.15) is 30.8 Å². The maximum Gasteiger partial charge on any atom is 0.311 e. The standard InChI is InChI=1S/C12H13NO2S.C11H12N2O2S/c1-3-15-12(14)7-10-9-6-8(2)4-5-11(9)16-13-10;1-2-15-11(14)6-9-8-5-7(12)3-4-10(8)16-13-9/h4-6H,3,7H2,1-2H3;3-5H,2,6,12H2,1H3. The maximum absolute atomic E-state index is 11.4. The van der Waals surface area contributed by atoms with Crippen LogP contribution in [0.4, 0.5) is 5.69 Å². The van der Waals surface area contributed by atoms with Gasteiger partial charge in [0, 0.05) is 16.5 Å². The van der Waals surface area contributed by atoms with Crippen molar-refractivity contribution in [3.63, 3.8) is 0 Å². The number of fused-ring (bicyclic) bond motifs is 2. The van der Waals surface area contributed by atoms with Crippen molar-refractivity contribution < 1.29 is 19.1 Å². The van der Waals surface area contributed by atoms with Crippen molar-refractivity contribution in [1.82, 2.24) is 8.75 Å². The number of aromatic nitrogens is 2. The van der Waals surface area contributed by atoms with Gasteiger partial charge in [-0.2, -0.15) is 8.75 Å². The van der Waals surface area contributed by atoms with Crippen LogP contribution in [0, 0.1) is 6.92 Å². The molecular formula is C23H25N3O4S2. The van der Waals surface area contributed by atoms with Crippen LogP contribution in [0.3, 0.4) is 0 Å². The Morgan fingerprint density at radius 3 is 1.88 bits per heavy atom. The number of ether oxygens (including phenoxy) is 2. The number of anilines is 1. The first kappa shape index (κ1) is 23.6. The second kappa shape index (κ2) is 11.0. The molecule has 0 atom stereocenters. The second-order valence-electron chi connectivity index (χ2n) is 6.98. The lowest BCUT2D eigenvalue weighted by molar-refractivity contribution is -0.143. The van der Waals surface area contributed by atoms with E-state index in [4.69, 9.17) is 15.2 Å². The van der Waals surface area contributed by atoms with Crippen molar-refractivity contribution in [3.8, 4) is 0 Å². The van der Waals surface area contributed by atoms with Gasteiger partial charge in [0.25, 0.3) is 0 Å². The first-order valence-electron chi connectivity index (χ1n) is 10.2. The molecule has 0 spiro atoms. The quantitative estimate of drug-likeness (QED) is 0.321. The van der Waals surface area contributed by atoms with Gasteiger partial charge < -0.3 is 15.2 Å². The van der Waals surface area contributed by atoms with Gasteiger partial charge in [-0.15, -0.1) is 0 Å². The van der Waals surface area contributed by atoms with E-state index in [1.807, 2.05) is 31.2 Å². The highest BCUT2D eigenvalue weighted by Crippen LogP contribution is 2.26. The highest BCUT2D eigenvalue weighted by Gasteiger charge is 2.12. The molecule has 0 bridgehead atoms. The third-order valence-corrected chi connectivity index (χ3v) is 6.23. The summed E-state index contributed by atoms with van der Waals surface area (Å²) >= 11 is 2.79. The number of esters is 2. The van der Waals surface area contributed by atoms with Crippen molar-refractivity contribution in [2.75, 3.05) is 18.9 Å². The van der Waals surface area contributed by atoms with E-state index in [-0.39, 0.29) is 24.8 Å². The largest absolute Gasteiger partial charge is 0.466 e. The minimum atomic E-state index is -0.253. The monoisotopic (exact) mass is 471 g/mol.